The number of nitrogens with one attached hydrogen (secondary N) is 1. The number of aliphatic hydroxyl groups is 1. The van der Waals surface area contributed by atoms with Crippen molar-refractivity contribution in [3.63, 3.8) is 0 Å². The minimum atomic E-state index is -1.37. The Bertz CT molecular complexity index is 1360. The summed E-state index contributed by atoms with van der Waals surface area (Å²) in [5.74, 6) is 0.718. The van der Waals surface area contributed by atoms with E-state index >= 15 is 0 Å². The van der Waals surface area contributed by atoms with Gasteiger partial charge < -0.3 is 19.9 Å². The van der Waals surface area contributed by atoms with Crippen molar-refractivity contribution in [2.24, 2.45) is 10.1 Å². The van der Waals surface area contributed by atoms with Gasteiger partial charge in [-0.3, -0.25) is 4.79 Å². The van der Waals surface area contributed by atoms with E-state index in [-0.39, 0.29) is 18.9 Å². The summed E-state index contributed by atoms with van der Waals surface area (Å²) >= 11 is 3.48. The van der Waals surface area contributed by atoms with Gasteiger partial charge in [-0.05, 0) is 59.5 Å². The van der Waals surface area contributed by atoms with Crippen molar-refractivity contribution in [3.05, 3.63) is 104 Å². The van der Waals surface area contributed by atoms with E-state index in [1.54, 1.807) is 24.3 Å². The molecule has 0 radical (unpaired) electrons. The topological polar surface area (TPSA) is 129 Å². The van der Waals surface area contributed by atoms with Gasteiger partial charge in [-0.2, -0.15) is 0 Å². The number of aliphatic hydroxyl groups excluding tert-OH is 1. The van der Waals surface area contributed by atoms with Crippen molar-refractivity contribution in [2.45, 2.75) is 37.8 Å². The van der Waals surface area contributed by atoms with Crippen LogP contribution >= 0.6 is 15.9 Å². The molecule has 1 aliphatic heterocycles. The average Bonchev–Trinajstić information content (AvgIpc) is 3.34. The lowest BCUT2D eigenvalue weighted by molar-refractivity contribution is -0.128. The number of hydrogen-bond acceptors (Lipinski definition) is 6. The summed E-state index contributed by atoms with van der Waals surface area (Å²) in [4.78, 5) is 21.9. The van der Waals surface area contributed by atoms with E-state index < -0.39 is 11.6 Å². The Kier molecular flexibility index (Phi) is 9.59. The molecular formula is C29H30BrN5O4. The number of aliphatic imine (C=N–C) groups is 1. The molecule has 2 N–H and O–H groups in total. The first-order chi connectivity index (χ1) is 19.0. The molecule has 0 spiro atoms. The second kappa shape index (κ2) is 13.3. The van der Waals surface area contributed by atoms with Gasteiger partial charge in [-0.15, -0.1) is 0 Å². The van der Waals surface area contributed by atoms with Crippen molar-refractivity contribution in [1.82, 2.24) is 5.32 Å². The summed E-state index contributed by atoms with van der Waals surface area (Å²) in [6, 6.07) is 22.1. The summed E-state index contributed by atoms with van der Waals surface area (Å²) in [6.45, 7) is 2.94. The zero-order valence-electron chi connectivity index (χ0n) is 21.6. The molecule has 202 valence electrons. The number of amides is 1. The van der Waals surface area contributed by atoms with E-state index in [0.29, 0.717) is 48.0 Å². The summed E-state index contributed by atoms with van der Waals surface area (Å²) in [7, 11) is 0. The van der Waals surface area contributed by atoms with Gasteiger partial charge in [0, 0.05) is 46.6 Å². The molecule has 39 heavy (non-hydrogen) atoms. The van der Waals surface area contributed by atoms with Crippen LogP contribution in [0.1, 0.15) is 42.6 Å². The molecular weight excluding hydrogens is 562 g/mol. The number of hydrogen-bond donors (Lipinski definition) is 2. The Morgan fingerprint density at radius 1 is 1.18 bits per heavy atom. The maximum Gasteiger partial charge on any atom is 0.252 e. The SMILES string of the molecule is CCCNC(=O)[C@]1(Cc2ccccc2N=[N+]=[N-])N=C(c2ccc(OCCCO)cc2)O[C@@H]1c1ccc(Br)cc1. The lowest BCUT2D eigenvalue weighted by atomic mass is 9.81. The van der Waals surface area contributed by atoms with Crippen molar-refractivity contribution in [1.29, 1.82) is 0 Å². The molecule has 0 saturated heterocycles. The van der Waals surface area contributed by atoms with Crippen LogP contribution in [0.3, 0.4) is 0 Å². The maximum atomic E-state index is 14.0. The van der Waals surface area contributed by atoms with Gasteiger partial charge in [0.1, 0.15) is 5.75 Å². The van der Waals surface area contributed by atoms with Crippen LogP contribution in [0.15, 0.2) is 87.4 Å². The van der Waals surface area contributed by atoms with Gasteiger partial charge in [0.05, 0.1) is 6.61 Å². The molecule has 0 saturated carbocycles. The van der Waals surface area contributed by atoms with E-state index in [1.165, 1.54) is 0 Å². The van der Waals surface area contributed by atoms with Gasteiger partial charge in [-0.25, -0.2) is 4.99 Å². The number of azide groups is 1. The minimum absolute atomic E-state index is 0.0607. The number of benzene rings is 3. The second-order valence-corrected chi connectivity index (χ2v) is 10.0. The molecule has 4 rings (SSSR count). The molecule has 0 fully saturated rings. The van der Waals surface area contributed by atoms with Crippen LogP contribution < -0.4 is 10.1 Å². The lowest BCUT2D eigenvalue weighted by Crippen LogP contribution is -2.50. The Labute approximate surface area is 235 Å². The first kappa shape index (κ1) is 28.2. The molecule has 9 nitrogen and oxygen atoms in total. The standard InChI is InChI=1S/C29H30BrN5O4/c1-2-16-32-28(37)29(19-22-6-3-4-7-25(22)34-35-31)26(20-8-12-23(30)13-9-20)39-27(33-29)21-10-14-24(15-11-21)38-18-5-17-36/h3-4,6-15,26,36H,2,5,16-19H2,1H3,(H,32,37)/t26-,29-/m1/s1. The van der Waals surface area contributed by atoms with Crippen molar-refractivity contribution in [2.75, 3.05) is 19.8 Å². The third kappa shape index (κ3) is 6.60. The Hall–Kier alpha value is -3.85. The quantitative estimate of drug-likeness (QED) is 0.113. The van der Waals surface area contributed by atoms with Crippen LogP contribution in [0.5, 0.6) is 5.75 Å². The number of ether oxygens (including phenoxy) is 2. The predicted molar refractivity (Wildman–Crippen MR) is 153 cm³/mol. The van der Waals surface area contributed by atoms with Gasteiger partial charge in [0.15, 0.2) is 11.6 Å². The fourth-order valence-electron chi connectivity index (χ4n) is 4.41. The molecule has 3 aromatic rings. The van der Waals surface area contributed by atoms with E-state index in [0.717, 1.165) is 16.5 Å². The van der Waals surface area contributed by atoms with Crippen LogP contribution in [-0.2, 0) is 16.0 Å². The van der Waals surface area contributed by atoms with E-state index in [9.17, 15) is 4.79 Å². The summed E-state index contributed by atoms with van der Waals surface area (Å²) in [5, 5.41) is 15.9. The fraction of sp³-hybridized carbons (Fsp3) is 0.310. The highest BCUT2D eigenvalue weighted by atomic mass is 79.9. The van der Waals surface area contributed by atoms with Crippen LogP contribution in [0.2, 0.25) is 0 Å². The number of carbonyl (C=O) groups is 1. The molecule has 3 aromatic carbocycles. The van der Waals surface area contributed by atoms with E-state index in [2.05, 4.69) is 31.3 Å². The average molecular weight is 592 g/mol. The van der Waals surface area contributed by atoms with Crippen molar-refractivity contribution >= 4 is 33.4 Å². The molecule has 1 heterocycles. The first-order valence-electron chi connectivity index (χ1n) is 12.8. The molecule has 10 heteroatoms. The highest BCUT2D eigenvalue weighted by Gasteiger charge is 2.53. The smallest absolute Gasteiger partial charge is 0.252 e. The second-order valence-electron chi connectivity index (χ2n) is 9.09. The summed E-state index contributed by atoms with van der Waals surface area (Å²) in [6.07, 6.45) is 0.718. The van der Waals surface area contributed by atoms with Crippen LogP contribution in [-0.4, -0.2) is 42.2 Å². The highest BCUT2D eigenvalue weighted by Crippen LogP contribution is 2.44. The largest absolute Gasteiger partial charge is 0.494 e. The van der Waals surface area contributed by atoms with Gasteiger partial charge in [0.25, 0.3) is 5.91 Å². The minimum Gasteiger partial charge on any atom is -0.494 e. The Morgan fingerprint density at radius 3 is 2.62 bits per heavy atom. The third-order valence-electron chi connectivity index (χ3n) is 6.34. The van der Waals surface area contributed by atoms with E-state index in [4.69, 9.17) is 25.1 Å². The van der Waals surface area contributed by atoms with Gasteiger partial charge in [-0.1, -0.05) is 64.4 Å². The fourth-order valence-corrected chi connectivity index (χ4v) is 4.67. The molecule has 0 aliphatic carbocycles. The highest BCUT2D eigenvalue weighted by molar-refractivity contribution is 9.10. The zero-order valence-corrected chi connectivity index (χ0v) is 23.2. The summed E-state index contributed by atoms with van der Waals surface area (Å²) in [5.41, 5.74) is 10.4. The zero-order chi connectivity index (χ0) is 27.7. The third-order valence-corrected chi connectivity index (χ3v) is 6.87. The maximum absolute atomic E-state index is 14.0. The molecule has 0 aromatic heterocycles. The van der Waals surface area contributed by atoms with Crippen LogP contribution in [0.4, 0.5) is 5.69 Å². The lowest BCUT2D eigenvalue weighted by Gasteiger charge is -2.31. The Balaban J connectivity index is 1.81. The molecule has 0 bridgehead atoms. The monoisotopic (exact) mass is 591 g/mol. The number of rotatable bonds is 12. The first-order valence-corrected chi connectivity index (χ1v) is 13.6. The van der Waals surface area contributed by atoms with Gasteiger partial charge in [0.2, 0.25) is 5.90 Å². The number of halogens is 1. The number of carbonyl (C=O) groups excluding carboxylic acids is 1. The van der Waals surface area contributed by atoms with E-state index in [1.807, 2.05) is 55.5 Å². The van der Waals surface area contributed by atoms with Crippen LogP contribution in [0, 0.1) is 0 Å². The number of nitrogens with zero attached hydrogens (tertiary/aromatic N) is 4. The van der Waals surface area contributed by atoms with Crippen molar-refractivity contribution < 1.29 is 19.4 Å². The molecule has 2 atom stereocenters. The van der Waals surface area contributed by atoms with Gasteiger partial charge >= 0.3 is 0 Å². The Morgan fingerprint density at radius 2 is 1.92 bits per heavy atom. The summed E-state index contributed by atoms with van der Waals surface area (Å²) < 4.78 is 13.1. The predicted octanol–water partition coefficient (Wildman–Crippen LogP) is 6.18. The molecule has 1 amide bonds. The van der Waals surface area contributed by atoms with Crippen LogP contribution in [0.25, 0.3) is 10.4 Å². The molecule has 0 unspecified atom stereocenters. The van der Waals surface area contributed by atoms with Crippen molar-refractivity contribution in [3.8, 4) is 5.75 Å². The molecule has 1 aliphatic rings. The normalized spacial score (nSPS) is 18.0.